The Morgan fingerprint density at radius 1 is 1.50 bits per heavy atom. The van der Waals surface area contributed by atoms with Crippen LogP contribution < -0.4 is 5.32 Å². The Kier molecular flexibility index (Phi) is 3.13. The van der Waals surface area contributed by atoms with Crippen molar-refractivity contribution in [3.05, 3.63) is 0 Å². The van der Waals surface area contributed by atoms with Gasteiger partial charge in [-0.3, -0.25) is 4.90 Å². The smallest absolute Gasteiger partial charge is 0.0281 e. The largest absolute Gasteiger partial charge is 0.314 e. The van der Waals surface area contributed by atoms with Gasteiger partial charge in [-0.25, -0.2) is 0 Å². The maximum atomic E-state index is 3.44. The van der Waals surface area contributed by atoms with Crippen molar-refractivity contribution < 1.29 is 0 Å². The zero-order chi connectivity index (χ0) is 9.19. The van der Waals surface area contributed by atoms with Crippen LogP contribution >= 0.6 is 0 Å². The summed E-state index contributed by atoms with van der Waals surface area (Å²) in [6.45, 7) is 12.7. The fourth-order valence-corrected chi connectivity index (χ4v) is 2.04. The maximum Gasteiger partial charge on any atom is 0.0281 e. The lowest BCUT2D eigenvalue weighted by molar-refractivity contribution is 0.0506. The molecule has 72 valence electrons. The third-order valence-electron chi connectivity index (χ3n) is 2.99. The Bertz CT molecular complexity index is 143. The second-order valence-electron chi connectivity index (χ2n) is 4.44. The summed E-state index contributed by atoms with van der Waals surface area (Å²) < 4.78 is 0. The van der Waals surface area contributed by atoms with Crippen molar-refractivity contribution in [3.8, 4) is 0 Å². The standard InChI is InChI=1S/C10H22N2/c1-5-9(2)12-7-6-11-8-10(12,3)4/h9,11H,5-8H2,1-4H3. The van der Waals surface area contributed by atoms with E-state index < -0.39 is 0 Å². The minimum atomic E-state index is 0.341. The molecule has 1 rings (SSSR count). The van der Waals surface area contributed by atoms with Crippen LogP contribution in [0.15, 0.2) is 0 Å². The molecule has 0 amide bonds. The Morgan fingerprint density at radius 3 is 2.67 bits per heavy atom. The SMILES string of the molecule is CCC(C)N1CCNCC1(C)C. The van der Waals surface area contributed by atoms with E-state index >= 15 is 0 Å². The molecule has 1 unspecified atom stereocenters. The molecule has 1 heterocycles. The molecule has 0 spiro atoms. The molecule has 1 N–H and O–H groups in total. The highest BCUT2D eigenvalue weighted by Gasteiger charge is 2.31. The normalized spacial score (nSPS) is 27.0. The zero-order valence-electron chi connectivity index (χ0n) is 8.85. The van der Waals surface area contributed by atoms with Crippen LogP contribution in [0.3, 0.4) is 0 Å². The molecule has 2 heteroatoms. The second kappa shape index (κ2) is 3.75. The lowest BCUT2D eigenvalue weighted by Crippen LogP contribution is -2.60. The quantitative estimate of drug-likeness (QED) is 0.675. The average Bonchev–Trinajstić information content (AvgIpc) is 2.02. The van der Waals surface area contributed by atoms with Crippen molar-refractivity contribution in [2.45, 2.75) is 45.7 Å². The molecule has 1 saturated heterocycles. The molecule has 0 saturated carbocycles. The van der Waals surface area contributed by atoms with Crippen molar-refractivity contribution in [2.24, 2.45) is 0 Å². The van der Waals surface area contributed by atoms with Gasteiger partial charge < -0.3 is 5.32 Å². The van der Waals surface area contributed by atoms with Crippen LogP contribution in [-0.4, -0.2) is 36.1 Å². The van der Waals surface area contributed by atoms with Gasteiger partial charge in [0.1, 0.15) is 0 Å². The molecule has 0 bridgehead atoms. The molecule has 0 radical (unpaired) electrons. The van der Waals surface area contributed by atoms with Crippen LogP contribution in [-0.2, 0) is 0 Å². The molecular weight excluding hydrogens is 148 g/mol. The molecule has 0 aromatic rings. The number of hydrogen-bond donors (Lipinski definition) is 1. The van der Waals surface area contributed by atoms with E-state index in [9.17, 15) is 0 Å². The summed E-state index contributed by atoms with van der Waals surface area (Å²) in [6.07, 6.45) is 1.25. The Morgan fingerprint density at radius 2 is 2.17 bits per heavy atom. The first kappa shape index (κ1) is 10.0. The van der Waals surface area contributed by atoms with Crippen molar-refractivity contribution in [1.29, 1.82) is 0 Å². The van der Waals surface area contributed by atoms with Gasteiger partial charge in [0.05, 0.1) is 0 Å². The zero-order valence-corrected chi connectivity index (χ0v) is 8.85. The summed E-state index contributed by atoms with van der Waals surface area (Å²) in [6, 6.07) is 0.724. The van der Waals surface area contributed by atoms with Crippen LogP contribution in [0.2, 0.25) is 0 Å². The van der Waals surface area contributed by atoms with Gasteiger partial charge in [-0.2, -0.15) is 0 Å². The number of nitrogens with one attached hydrogen (secondary N) is 1. The van der Waals surface area contributed by atoms with Crippen molar-refractivity contribution >= 4 is 0 Å². The summed E-state index contributed by atoms with van der Waals surface area (Å²) in [4.78, 5) is 2.61. The second-order valence-corrected chi connectivity index (χ2v) is 4.44. The fraction of sp³-hybridized carbons (Fsp3) is 1.00. The molecular formula is C10H22N2. The monoisotopic (exact) mass is 170 g/mol. The molecule has 2 nitrogen and oxygen atoms in total. The summed E-state index contributed by atoms with van der Waals surface area (Å²) in [5.74, 6) is 0. The average molecular weight is 170 g/mol. The predicted molar refractivity (Wildman–Crippen MR) is 53.4 cm³/mol. The van der Waals surface area contributed by atoms with E-state index in [-0.39, 0.29) is 0 Å². The lowest BCUT2D eigenvalue weighted by Gasteiger charge is -2.46. The molecule has 0 aromatic carbocycles. The number of piperazine rings is 1. The first-order chi connectivity index (χ1) is 5.58. The predicted octanol–water partition coefficient (Wildman–Crippen LogP) is 1.47. The van der Waals surface area contributed by atoms with Crippen LogP contribution in [0.4, 0.5) is 0 Å². The lowest BCUT2D eigenvalue weighted by atomic mass is 9.97. The third kappa shape index (κ3) is 1.99. The summed E-state index contributed by atoms with van der Waals surface area (Å²) in [5.41, 5.74) is 0.341. The number of rotatable bonds is 2. The van der Waals surface area contributed by atoms with Crippen LogP contribution in [0, 0.1) is 0 Å². The van der Waals surface area contributed by atoms with E-state index in [0.29, 0.717) is 5.54 Å². The van der Waals surface area contributed by atoms with E-state index in [1.54, 1.807) is 0 Å². The number of hydrogen-bond acceptors (Lipinski definition) is 2. The van der Waals surface area contributed by atoms with Crippen LogP contribution in [0.5, 0.6) is 0 Å². The van der Waals surface area contributed by atoms with E-state index in [2.05, 4.69) is 37.9 Å². The van der Waals surface area contributed by atoms with Gasteiger partial charge in [0.25, 0.3) is 0 Å². The molecule has 12 heavy (non-hydrogen) atoms. The maximum absolute atomic E-state index is 3.44. The minimum absolute atomic E-state index is 0.341. The van der Waals surface area contributed by atoms with Gasteiger partial charge in [0.2, 0.25) is 0 Å². The topological polar surface area (TPSA) is 15.3 Å². The van der Waals surface area contributed by atoms with E-state index in [4.69, 9.17) is 0 Å². The first-order valence-electron chi connectivity index (χ1n) is 5.05. The summed E-state index contributed by atoms with van der Waals surface area (Å²) in [7, 11) is 0. The van der Waals surface area contributed by atoms with Gasteiger partial charge in [0, 0.05) is 31.2 Å². The van der Waals surface area contributed by atoms with Crippen LogP contribution in [0.25, 0.3) is 0 Å². The Balaban J connectivity index is 2.59. The number of nitrogens with zero attached hydrogens (tertiary/aromatic N) is 1. The Hall–Kier alpha value is -0.0800. The molecule has 1 fully saturated rings. The van der Waals surface area contributed by atoms with E-state index in [1.165, 1.54) is 13.0 Å². The third-order valence-corrected chi connectivity index (χ3v) is 2.99. The molecule has 1 aliphatic heterocycles. The fourth-order valence-electron chi connectivity index (χ4n) is 2.04. The van der Waals surface area contributed by atoms with Crippen molar-refractivity contribution in [2.75, 3.05) is 19.6 Å². The molecule has 1 aliphatic rings. The van der Waals surface area contributed by atoms with E-state index in [0.717, 1.165) is 19.1 Å². The van der Waals surface area contributed by atoms with Crippen molar-refractivity contribution in [1.82, 2.24) is 10.2 Å². The van der Waals surface area contributed by atoms with Gasteiger partial charge in [-0.1, -0.05) is 6.92 Å². The van der Waals surface area contributed by atoms with Gasteiger partial charge in [0.15, 0.2) is 0 Å². The highest BCUT2D eigenvalue weighted by atomic mass is 15.3. The van der Waals surface area contributed by atoms with E-state index in [1.807, 2.05) is 0 Å². The van der Waals surface area contributed by atoms with Gasteiger partial charge in [-0.15, -0.1) is 0 Å². The van der Waals surface area contributed by atoms with Gasteiger partial charge in [-0.05, 0) is 27.2 Å². The highest BCUT2D eigenvalue weighted by molar-refractivity contribution is 4.90. The molecule has 0 aliphatic carbocycles. The summed E-state index contributed by atoms with van der Waals surface area (Å²) >= 11 is 0. The van der Waals surface area contributed by atoms with Crippen LogP contribution in [0.1, 0.15) is 34.1 Å². The molecule has 1 atom stereocenters. The summed E-state index contributed by atoms with van der Waals surface area (Å²) in [5, 5.41) is 3.44. The first-order valence-corrected chi connectivity index (χ1v) is 5.05. The molecule has 0 aromatic heterocycles. The van der Waals surface area contributed by atoms with Gasteiger partial charge >= 0.3 is 0 Å². The highest BCUT2D eigenvalue weighted by Crippen LogP contribution is 2.20. The Labute approximate surface area is 76.3 Å². The minimum Gasteiger partial charge on any atom is -0.314 e. The van der Waals surface area contributed by atoms with Crippen molar-refractivity contribution in [3.63, 3.8) is 0 Å².